The number of carbonyl (C=O) groups excluding carboxylic acids is 1. The van der Waals surface area contributed by atoms with Crippen LogP contribution in [-0.4, -0.2) is 28.3 Å². The molecule has 7 heteroatoms. The second-order valence-electron chi connectivity index (χ2n) is 8.25. The predicted octanol–water partition coefficient (Wildman–Crippen LogP) is 6.27. The summed E-state index contributed by atoms with van der Waals surface area (Å²) in [4.78, 5) is 22.4. The molecule has 0 aliphatic rings. The summed E-state index contributed by atoms with van der Waals surface area (Å²) < 4.78 is 13.3. The Morgan fingerprint density at radius 1 is 1.08 bits per heavy atom. The number of nitrogens with zero attached hydrogens (tertiary/aromatic N) is 3. The quantitative estimate of drug-likeness (QED) is 0.280. The molecular weight excluding hydrogens is 465 g/mol. The van der Waals surface area contributed by atoms with Gasteiger partial charge in [-0.25, -0.2) is 4.39 Å². The molecule has 0 aliphatic carbocycles. The van der Waals surface area contributed by atoms with E-state index in [9.17, 15) is 14.4 Å². The number of fused-ring (bicyclic) bond motifs is 2. The van der Waals surface area contributed by atoms with Crippen molar-refractivity contribution in [1.82, 2.24) is 20.3 Å². The molecule has 0 saturated heterocycles. The van der Waals surface area contributed by atoms with E-state index in [-0.39, 0.29) is 5.82 Å². The van der Waals surface area contributed by atoms with E-state index in [4.69, 9.17) is 0 Å². The number of aryl methyl sites for hydroxylation is 1. The Morgan fingerprint density at radius 2 is 1.89 bits per heavy atom. The Kier molecular flexibility index (Phi) is 9.59. The number of pyridine rings is 2. The maximum Gasteiger partial charge on any atom is 0.150 e. The van der Waals surface area contributed by atoms with E-state index >= 15 is 0 Å². The number of aromatic amines is 1. The minimum Gasteiger partial charge on any atom is -0.361 e. The third-order valence-electron chi connectivity index (χ3n) is 5.55. The van der Waals surface area contributed by atoms with Crippen molar-refractivity contribution in [1.29, 1.82) is 5.26 Å². The molecule has 0 atom stereocenters. The minimum atomic E-state index is -0.163. The van der Waals surface area contributed by atoms with Crippen LogP contribution in [0.15, 0.2) is 67.1 Å². The lowest BCUT2D eigenvalue weighted by atomic mass is 10.0. The highest BCUT2D eigenvalue weighted by atomic mass is 19.1. The molecular formula is C30H30FN5O. The number of rotatable bonds is 5. The topological polar surface area (TPSA) is 94.5 Å². The molecule has 6 nitrogen and oxygen atoms in total. The van der Waals surface area contributed by atoms with Gasteiger partial charge in [0.05, 0.1) is 11.1 Å². The molecule has 0 saturated carbocycles. The normalized spacial score (nSPS) is 10.2. The standard InChI is InChI=1S/C18H13N3O.C10H11FN2.C2H6/c1-12-4-15-5-14(6-16(9-19)18(15)21-10-12)8-17-7-13(11-22)2-3-20-17;1-12-6-8-4-7-2-3-13-10(7)5-9(8)11;1-2/h2-7,10-11H,8H2,1H3;2-5,12-13H,6H2,1H3;1-2H3. The molecule has 3 aromatic heterocycles. The largest absolute Gasteiger partial charge is 0.361 e. The average molecular weight is 496 g/mol. The summed E-state index contributed by atoms with van der Waals surface area (Å²) in [6.45, 7) is 6.53. The van der Waals surface area contributed by atoms with Gasteiger partial charge in [0.15, 0.2) is 0 Å². The van der Waals surface area contributed by atoms with Gasteiger partial charge in [0.1, 0.15) is 18.2 Å². The fourth-order valence-corrected chi connectivity index (χ4v) is 3.93. The molecule has 0 aliphatic heterocycles. The van der Waals surface area contributed by atoms with E-state index in [1.54, 1.807) is 31.6 Å². The first-order valence-corrected chi connectivity index (χ1v) is 12.1. The van der Waals surface area contributed by atoms with Crippen LogP contribution in [0.1, 0.15) is 52.2 Å². The molecule has 188 valence electrons. The van der Waals surface area contributed by atoms with Gasteiger partial charge >= 0.3 is 0 Å². The van der Waals surface area contributed by atoms with Crippen LogP contribution in [0.4, 0.5) is 4.39 Å². The van der Waals surface area contributed by atoms with Gasteiger partial charge in [0.2, 0.25) is 0 Å². The molecule has 0 spiro atoms. The molecule has 2 N–H and O–H groups in total. The Hall–Kier alpha value is -4.41. The SMILES string of the molecule is CC.CNCc1cc2cc[nH]c2cc1F.Cc1cnc2c(C#N)cc(Cc3cc(C=O)ccn3)cc2c1. The number of hydrogen-bond acceptors (Lipinski definition) is 5. The third-order valence-corrected chi connectivity index (χ3v) is 5.55. The van der Waals surface area contributed by atoms with Crippen molar-refractivity contribution >= 4 is 28.1 Å². The van der Waals surface area contributed by atoms with Crippen molar-refractivity contribution in [2.75, 3.05) is 7.05 Å². The highest BCUT2D eigenvalue weighted by Crippen LogP contribution is 2.22. The van der Waals surface area contributed by atoms with Crippen molar-refractivity contribution in [2.24, 2.45) is 0 Å². The first-order chi connectivity index (χ1) is 18.0. The number of carbonyl (C=O) groups is 1. The molecule has 0 radical (unpaired) electrons. The van der Waals surface area contributed by atoms with Gasteiger partial charge in [-0.15, -0.1) is 0 Å². The molecule has 37 heavy (non-hydrogen) atoms. The van der Waals surface area contributed by atoms with Crippen molar-refractivity contribution in [2.45, 2.75) is 33.7 Å². The monoisotopic (exact) mass is 495 g/mol. The predicted molar refractivity (Wildman–Crippen MR) is 146 cm³/mol. The van der Waals surface area contributed by atoms with Crippen LogP contribution in [0.2, 0.25) is 0 Å². The lowest BCUT2D eigenvalue weighted by Gasteiger charge is -2.06. The number of halogens is 1. The fourth-order valence-electron chi connectivity index (χ4n) is 3.93. The van der Waals surface area contributed by atoms with Gasteiger partial charge in [-0.05, 0) is 79.0 Å². The second-order valence-corrected chi connectivity index (χ2v) is 8.25. The van der Waals surface area contributed by atoms with Crippen LogP contribution in [0.5, 0.6) is 0 Å². The summed E-state index contributed by atoms with van der Waals surface area (Å²) in [5.41, 5.74) is 6.25. The molecule has 5 rings (SSSR count). The van der Waals surface area contributed by atoms with E-state index in [2.05, 4.69) is 26.3 Å². The fraction of sp³-hybridized carbons (Fsp3) is 0.200. The Balaban J connectivity index is 0.000000216. The van der Waals surface area contributed by atoms with Crippen molar-refractivity contribution < 1.29 is 9.18 Å². The number of nitriles is 1. The van der Waals surface area contributed by atoms with Crippen LogP contribution in [-0.2, 0) is 13.0 Å². The summed E-state index contributed by atoms with van der Waals surface area (Å²) in [5, 5.41) is 14.2. The first kappa shape index (κ1) is 27.2. The molecule has 0 fully saturated rings. The van der Waals surface area contributed by atoms with Gasteiger partial charge in [0, 0.05) is 59.3 Å². The van der Waals surface area contributed by atoms with E-state index in [0.717, 1.165) is 39.4 Å². The van der Waals surface area contributed by atoms with Crippen LogP contribution in [0, 0.1) is 24.1 Å². The second kappa shape index (κ2) is 13.1. The van der Waals surface area contributed by atoms with E-state index in [1.165, 1.54) is 6.07 Å². The summed E-state index contributed by atoms with van der Waals surface area (Å²) >= 11 is 0. The number of H-pyrrole nitrogens is 1. The number of nitrogens with one attached hydrogen (secondary N) is 2. The maximum absolute atomic E-state index is 13.3. The molecule has 0 bridgehead atoms. The van der Waals surface area contributed by atoms with E-state index in [0.29, 0.717) is 35.2 Å². The molecule has 5 aromatic rings. The summed E-state index contributed by atoms with van der Waals surface area (Å²) in [6.07, 6.45) is 6.57. The summed E-state index contributed by atoms with van der Waals surface area (Å²) in [5.74, 6) is -0.163. The Labute approximate surface area is 216 Å². The summed E-state index contributed by atoms with van der Waals surface area (Å²) in [7, 11) is 1.81. The number of aldehydes is 1. The third kappa shape index (κ3) is 6.84. The van der Waals surface area contributed by atoms with Crippen LogP contribution < -0.4 is 5.32 Å². The van der Waals surface area contributed by atoms with Gasteiger partial charge in [-0.2, -0.15) is 5.26 Å². The molecule has 2 aromatic carbocycles. The molecule has 3 heterocycles. The Morgan fingerprint density at radius 3 is 2.62 bits per heavy atom. The highest BCUT2D eigenvalue weighted by Gasteiger charge is 2.08. The van der Waals surface area contributed by atoms with Crippen molar-refractivity contribution in [3.05, 3.63) is 106 Å². The van der Waals surface area contributed by atoms with Gasteiger partial charge in [-0.3, -0.25) is 14.8 Å². The van der Waals surface area contributed by atoms with Crippen LogP contribution >= 0.6 is 0 Å². The summed E-state index contributed by atoms with van der Waals surface area (Å²) in [6, 6.07) is 16.8. The maximum atomic E-state index is 13.3. The highest BCUT2D eigenvalue weighted by molar-refractivity contribution is 5.85. The van der Waals surface area contributed by atoms with Crippen LogP contribution in [0.25, 0.3) is 21.8 Å². The first-order valence-electron chi connectivity index (χ1n) is 12.1. The average Bonchev–Trinajstić information content (AvgIpc) is 3.37. The minimum absolute atomic E-state index is 0.163. The van der Waals surface area contributed by atoms with Crippen molar-refractivity contribution in [3.8, 4) is 6.07 Å². The zero-order valence-electron chi connectivity index (χ0n) is 21.5. The van der Waals surface area contributed by atoms with Gasteiger partial charge in [0.25, 0.3) is 0 Å². The van der Waals surface area contributed by atoms with E-state index in [1.807, 2.05) is 57.3 Å². The van der Waals surface area contributed by atoms with Crippen LogP contribution in [0.3, 0.4) is 0 Å². The zero-order valence-corrected chi connectivity index (χ0v) is 21.5. The zero-order chi connectivity index (χ0) is 26.8. The van der Waals surface area contributed by atoms with Gasteiger partial charge in [-0.1, -0.05) is 13.8 Å². The van der Waals surface area contributed by atoms with Gasteiger partial charge < -0.3 is 10.3 Å². The molecule has 0 unspecified atom stereocenters. The lowest BCUT2D eigenvalue weighted by Crippen LogP contribution is -2.06. The van der Waals surface area contributed by atoms with Crippen molar-refractivity contribution in [3.63, 3.8) is 0 Å². The smallest absolute Gasteiger partial charge is 0.150 e. The number of hydrogen-bond donors (Lipinski definition) is 2. The molecule has 0 amide bonds. The number of benzene rings is 2. The number of aromatic nitrogens is 3. The lowest BCUT2D eigenvalue weighted by molar-refractivity contribution is 0.112. The Bertz CT molecular complexity index is 1550. The van der Waals surface area contributed by atoms with E-state index < -0.39 is 0 Å².